The van der Waals surface area contributed by atoms with E-state index in [1.54, 1.807) is 13.8 Å². The molecule has 14 heavy (non-hydrogen) atoms. The number of rotatable bonds is 4. The summed E-state index contributed by atoms with van der Waals surface area (Å²) in [4.78, 5) is 3.85. The molecular weight excluding hydrogens is 224 g/mol. The van der Waals surface area contributed by atoms with Crippen LogP contribution in [-0.4, -0.2) is 31.2 Å². The van der Waals surface area contributed by atoms with E-state index in [0.717, 1.165) is 11.3 Å². The van der Waals surface area contributed by atoms with Crippen LogP contribution in [0.1, 0.15) is 11.9 Å². The van der Waals surface area contributed by atoms with Crippen LogP contribution >= 0.6 is 11.3 Å². The number of aryl methyl sites for hydroxylation is 1. The number of hydrogen-bond donors (Lipinski definition) is 2. The van der Waals surface area contributed by atoms with E-state index in [4.69, 9.17) is 5.11 Å². The maximum atomic E-state index is 11.6. The fraction of sp³-hybridized carbons (Fsp3) is 0.571. The minimum atomic E-state index is -3.50. The molecule has 0 aliphatic carbocycles. The maximum Gasteiger partial charge on any atom is 0.251 e. The molecule has 0 aliphatic heterocycles. The van der Waals surface area contributed by atoms with Crippen LogP contribution in [0, 0.1) is 6.92 Å². The van der Waals surface area contributed by atoms with Crippen molar-refractivity contribution < 1.29 is 13.5 Å². The highest BCUT2D eigenvalue weighted by Gasteiger charge is 2.19. The molecule has 1 aromatic heterocycles. The Labute approximate surface area is 86.9 Å². The van der Waals surface area contributed by atoms with Crippen molar-refractivity contribution in [2.24, 2.45) is 0 Å². The van der Waals surface area contributed by atoms with Gasteiger partial charge in [-0.15, -0.1) is 11.3 Å². The number of nitrogens with one attached hydrogen (secondary N) is 1. The van der Waals surface area contributed by atoms with E-state index in [9.17, 15) is 8.42 Å². The second-order valence-corrected chi connectivity index (χ2v) is 6.08. The highest BCUT2D eigenvalue weighted by molar-refractivity contribution is 7.91. The molecule has 0 bridgehead atoms. The zero-order chi connectivity index (χ0) is 10.8. The number of sulfonamides is 1. The molecule has 0 saturated heterocycles. The number of hydrogen-bond acceptors (Lipinski definition) is 5. The van der Waals surface area contributed by atoms with Crippen LogP contribution in [-0.2, 0) is 10.0 Å². The SMILES string of the molecule is Cc1ncc(S(=O)(=O)NC(C)CO)s1. The summed E-state index contributed by atoms with van der Waals surface area (Å²) in [6.07, 6.45) is 1.31. The lowest BCUT2D eigenvalue weighted by Gasteiger charge is -2.09. The molecule has 0 spiro atoms. The molecule has 1 aromatic rings. The van der Waals surface area contributed by atoms with Crippen molar-refractivity contribution in [1.29, 1.82) is 0 Å². The predicted molar refractivity (Wildman–Crippen MR) is 53.7 cm³/mol. The third kappa shape index (κ3) is 2.74. The first-order chi connectivity index (χ1) is 6.45. The van der Waals surface area contributed by atoms with Gasteiger partial charge in [0, 0.05) is 6.04 Å². The molecule has 1 rings (SSSR count). The van der Waals surface area contributed by atoms with Gasteiger partial charge in [0.15, 0.2) is 4.21 Å². The van der Waals surface area contributed by atoms with Crippen molar-refractivity contribution in [2.45, 2.75) is 24.1 Å². The van der Waals surface area contributed by atoms with E-state index >= 15 is 0 Å². The molecule has 0 radical (unpaired) electrons. The Balaban J connectivity index is 2.86. The first kappa shape index (κ1) is 11.6. The second-order valence-electron chi connectivity index (χ2n) is 2.90. The number of thiazole rings is 1. The van der Waals surface area contributed by atoms with Crippen LogP contribution in [0.3, 0.4) is 0 Å². The summed E-state index contributed by atoms with van der Waals surface area (Å²) in [6.45, 7) is 3.10. The summed E-state index contributed by atoms with van der Waals surface area (Å²) in [6, 6.07) is -0.484. The lowest BCUT2D eigenvalue weighted by molar-refractivity contribution is 0.265. The third-order valence-electron chi connectivity index (χ3n) is 1.50. The Kier molecular flexibility index (Phi) is 3.59. The van der Waals surface area contributed by atoms with E-state index in [1.165, 1.54) is 6.20 Å². The Morgan fingerprint density at radius 3 is 2.79 bits per heavy atom. The molecule has 2 N–H and O–H groups in total. The number of aliphatic hydroxyl groups excluding tert-OH is 1. The zero-order valence-electron chi connectivity index (χ0n) is 7.89. The normalized spacial score (nSPS) is 14.2. The van der Waals surface area contributed by atoms with Crippen LogP contribution in [0.25, 0.3) is 0 Å². The first-order valence-corrected chi connectivity index (χ1v) is 6.31. The smallest absolute Gasteiger partial charge is 0.251 e. The van der Waals surface area contributed by atoms with E-state index < -0.39 is 16.1 Å². The molecule has 80 valence electrons. The van der Waals surface area contributed by atoms with Crippen LogP contribution in [0.5, 0.6) is 0 Å². The van der Waals surface area contributed by atoms with Crippen LogP contribution in [0.2, 0.25) is 0 Å². The molecule has 0 aromatic carbocycles. The average Bonchev–Trinajstić information content (AvgIpc) is 2.51. The minimum absolute atomic E-state index is 0.176. The molecule has 0 fully saturated rings. The van der Waals surface area contributed by atoms with Crippen molar-refractivity contribution in [2.75, 3.05) is 6.61 Å². The zero-order valence-corrected chi connectivity index (χ0v) is 9.52. The van der Waals surface area contributed by atoms with Crippen molar-refractivity contribution in [1.82, 2.24) is 9.71 Å². The Morgan fingerprint density at radius 2 is 2.36 bits per heavy atom. The van der Waals surface area contributed by atoms with Crippen LogP contribution in [0.15, 0.2) is 10.4 Å². The first-order valence-electron chi connectivity index (χ1n) is 4.01. The molecular formula is C7H12N2O3S2. The van der Waals surface area contributed by atoms with Crippen molar-refractivity contribution in [3.05, 3.63) is 11.2 Å². The lowest BCUT2D eigenvalue weighted by Crippen LogP contribution is -2.34. The molecule has 1 heterocycles. The van der Waals surface area contributed by atoms with Crippen LogP contribution < -0.4 is 4.72 Å². The van der Waals surface area contributed by atoms with Crippen molar-refractivity contribution >= 4 is 21.4 Å². The summed E-state index contributed by atoms with van der Waals surface area (Å²) >= 11 is 1.10. The van der Waals surface area contributed by atoms with Gasteiger partial charge < -0.3 is 5.11 Å². The van der Waals surface area contributed by atoms with Crippen molar-refractivity contribution in [3.8, 4) is 0 Å². The predicted octanol–water partition coefficient (Wildman–Crippen LogP) is 0.111. The fourth-order valence-corrected chi connectivity index (χ4v) is 3.19. The van der Waals surface area contributed by atoms with E-state index in [-0.39, 0.29) is 10.8 Å². The van der Waals surface area contributed by atoms with Gasteiger partial charge in [0.2, 0.25) is 0 Å². The highest BCUT2D eigenvalue weighted by Crippen LogP contribution is 2.17. The number of aliphatic hydroxyl groups is 1. The molecule has 5 nitrogen and oxygen atoms in total. The van der Waals surface area contributed by atoms with Gasteiger partial charge >= 0.3 is 0 Å². The van der Waals surface area contributed by atoms with Gasteiger partial charge in [-0.05, 0) is 13.8 Å². The maximum absolute atomic E-state index is 11.6. The van der Waals surface area contributed by atoms with Crippen molar-refractivity contribution in [3.63, 3.8) is 0 Å². The fourth-order valence-electron chi connectivity index (χ4n) is 0.826. The molecule has 7 heteroatoms. The molecule has 0 aliphatic rings. The van der Waals surface area contributed by atoms with Gasteiger partial charge in [0.25, 0.3) is 10.0 Å². The molecule has 1 atom stereocenters. The third-order valence-corrected chi connectivity index (χ3v) is 4.46. The standard InChI is InChI=1S/C7H12N2O3S2/c1-5(4-10)9-14(11,12)7-3-8-6(2)13-7/h3,5,9-10H,4H2,1-2H3. The summed E-state index contributed by atoms with van der Waals surface area (Å²) in [5, 5.41) is 9.41. The second kappa shape index (κ2) is 4.35. The topological polar surface area (TPSA) is 79.3 Å². The van der Waals surface area contributed by atoms with Gasteiger partial charge in [-0.2, -0.15) is 0 Å². The molecule has 0 amide bonds. The van der Waals surface area contributed by atoms with Gasteiger partial charge in [-0.25, -0.2) is 18.1 Å². The summed E-state index contributed by atoms with van der Waals surface area (Å²) in [5.41, 5.74) is 0. The summed E-state index contributed by atoms with van der Waals surface area (Å²) in [5.74, 6) is 0. The molecule has 0 saturated carbocycles. The Hall–Kier alpha value is -0.500. The van der Waals surface area contributed by atoms with Gasteiger partial charge in [0.1, 0.15) is 0 Å². The lowest BCUT2D eigenvalue weighted by atomic mass is 10.4. The Morgan fingerprint density at radius 1 is 1.71 bits per heavy atom. The van der Waals surface area contributed by atoms with Gasteiger partial charge in [-0.3, -0.25) is 0 Å². The summed E-state index contributed by atoms with van der Waals surface area (Å²) in [7, 11) is -3.50. The van der Waals surface area contributed by atoms with Gasteiger partial charge in [0.05, 0.1) is 17.8 Å². The highest BCUT2D eigenvalue weighted by atomic mass is 32.2. The van der Waals surface area contributed by atoms with E-state index in [0.29, 0.717) is 5.01 Å². The average molecular weight is 236 g/mol. The number of aromatic nitrogens is 1. The Bertz CT molecular complexity index is 399. The van der Waals surface area contributed by atoms with Gasteiger partial charge in [-0.1, -0.05) is 0 Å². The quantitative estimate of drug-likeness (QED) is 0.777. The minimum Gasteiger partial charge on any atom is -0.395 e. The number of nitrogens with zero attached hydrogens (tertiary/aromatic N) is 1. The van der Waals surface area contributed by atoms with E-state index in [1.807, 2.05) is 0 Å². The molecule has 1 unspecified atom stereocenters. The van der Waals surface area contributed by atoms with E-state index in [2.05, 4.69) is 9.71 Å². The monoisotopic (exact) mass is 236 g/mol. The summed E-state index contributed by atoms with van der Waals surface area (Å²) < 4.78 is 25.6. The largest absolute Gasteiger partial charge is 0.395 e. The van der Waals surface area contributed by atoms with Crippen LogP contribution in [0.4, 0.5) is 0 Å².